The minimum absolute atomic E-state index is 0.0571. The van der Waals surface area contributed by atoms with Gasteiger partial charge in [-0.3, -0.25) is 4.79 Å². The molecule has 2 nitrogen and oxygen atoms in total. The molecule has 2 heteroatoms. The largest absolute Gasteiger partial charge is 0.427 e. The van der Waals surface area contributed by atoms with Crippen LogP contribution in [0.3, 0.4) is 0 Å². The molecule has 0 amide bonds. The van der Waals surface area contributed by atoms with Crippen LogP contribution >= 0.6 is 0 Å². The van der Waals surface area contributed by atoms with Crippen molar-refractivity contribution in [2.24, 2.45) is 23.7 Å². The maximum atomic E-state index is 12.5. The van der Waals surface area contributed by atoms with E-state index in [9.17, 15) is 4.79 Å². The van der Waals surface area contributed by atoms with Crippen molar-refractivity contribution >= 4 is 5.97 Å². The lowest BCUT2D eigenvalue weighted by Crippen LogP contribution is -2.27. The van der Waals surface area contributed by atoms with E-state index >= 15 is 0 Å². The summed E-state index contributed by atoms with van der Waals surface area (Å²) in [5.41, 5.74) is 1.08. The predicted octanol–water partition coefficient (Wildman–Crippen LogP) is 7.37. The fraction of sp³-hybridized carbons (Fsp3) is 0.720. The molecule has 0 bridgehead atoms. The van der Waals surface area contributed by atoms with Crippen LogP contribution in [0.2, 0.25) is 0 Å². The molecule has 1 unspecified atom stereocenters. The van der Waals surface area contributed by atoms with Gasteiger partial charge in [0.15, 0.2) is 0 Å². The van der Waals surface area contributed by atoms with Crippen LogP contribution in [0.5, 0.6) is 0 Å². The third-order valence-corrected chi connectivity index (χ3v) is 6.76. The molecule has 0 saturated heterocycles. The van der Waals surface area contributed by atoms with E-state index in [4.69, 9.17) is 4.74 Å². The van der Waals surface area contributed by atoms with Crippen molar-refractivity contribution < 1.29 is 9.53 Å². The lowest BCUT2D eigenvalue weighted by Gasteiger charge is -2.35. The summed E-state index contributed by atoms with van der Waals surface area (Å²) < 4.78 is 5.52. The van der Waals surface area contributed by atoms with Crippen molar-refractivity contribution in [2.45, 2.75) is 90.9 Å². The van der Waals surface area contributed by atoms with Crippen LogP contribution in [0.25, 0.3) is 0 Å². The van der Waals surface area contributed by atoms with Gasteiger partial charge in [0, 0.05) is 0 Å². The average molecular weight is 373 g/mol. The van der Waals surface area contributed by atoms with Crippen LogP contribution in [0, 0.1) is 23.7 Å². The lowest BCUT2D eigenvalue weighted by atomic mass is 9.71. The highest BCUT2D eigenvalue weighted by molar-refractivity contribution is 5.73. The minimum Gasteiger partial charge on any atom is -0.427 e. The Morgan fingerprint density at radius 1 is 1.00 bits per heavy atom. The van der Waals surface area contributed by atoms with Crippen LogP contribution < -0.4 is 0 Å². The van der Waals surface area contributed by atoms with E-state index in [0.717, 1.165) is 36.7 Å². The van der Waals surface area contributed by atoms with Gasteiger partial charge in [0.2, 0.25) is 0 Å². The Bertz CT molecular complexity index is 516. The first-order valence-corrected chi connectivity index (χ1v) is 11.3. The number of ether oxygens (including phenoxy) is 1. The van der Waals surface area contributed by atoms with Crippen molar-refractivity contribution in [3.63, 3.8) is 0 Å². The summed E-state index contributed by atoms with van der Waals surface area (Å²) in [7, 11) is 0. The highest BCUT2D eigenvalue weighted by Gasteiger charge is 2.32. The molecule has 1 atom stereocenters. The maximum Gasteiger partial charge on any atom is 0.314 e. The van der Waals surface area contributed by atoms with Crippen molar-refractivity contribution in [3.05, 3.63) is 36.6 Å². The molecule has 2 saturated carbocycles. The van der Waals surface area contributed by atoms with Crippen molar-refractivity contribution in [3.8, 4) is 0 Å². The summed E-state index contributed by atoms with van der Waals surface area (Å²) in [6.07, 6.45) is 18.7. The van der Waals surface area contributed by atoms with E-state index in [0.29, 0.717) is 11.7 Å². The molecule has 0 aromatic rings. The molecule has 2 fully saturated rings. The third kappa shape index (κ3) is 7.31. The van der Waals surface area contributed by atoms with Gasteiger partial charge in [0.05, 0.1) is 5.92 Å². The molecule has 2 aliphatic rings. The number of hydrogen-bond acceptors (Lipinski definition) is 2. The number of unbranched alkanes of at least 4 members (excludes halogenated alkanes) is 1. The van der Waals surface area contributed by atoms with Crippen LogP contribution in [0.1, 0.15) is 90.9 Å². The Kier molecular flexibility index (Phi) is 9.38. The fourth-order valence-electron chi connectivity index (χ4n) is 4.74. The molecule has 152 valence electrons. The van der Waals surface area contributed by atoms with E-state index in [1.54, 1.807) is 6.08 Å². The zero-order chi connectivity index (χ0) is 19.6. The normalized spacial score (nSPS) is 25.3. The van der Waals surface area contributed by atoms with Gasteiger partial charge in [-0.25, -0.2) is 0 Å². The van der Waals surface area contributed by atoms with Crippen LogP contribution in [-0.2, 0) is 9.53 Å². The smallest absolute Gasteiger partial charge is 0.314 e. The first kappa shape index (κ1) is 22.0. The Morgan fingerprint density at radius 3 is 2.26 bits per heavy atom. The quantitative estimate of drug-likeness (QED) is 0.240. The van der Waals surface area contributed by atoms with E-state index in [1.807, 2.05) is 6.08 Å². The van der Waals surface area contributed by atoms with Gasteiger partial charge in [-0.1, -0.05) is 83.6 Å². The molecule has 0 aliphatic heterocycles. The van der Waals surface area contributed by atoms with E-state index < -0.39 is 0 Å². The summed E-state index contributed by atoms with van der Waals surface area (Å²) >= 11 is 0. The number of allylic oxidation sites excluding steroid dienone is 3. The Hall–Kier alpha value is -1.31. The minimum atomic E-state index is -0.0867. The monoisotopic (exact) mass is 372 g/mol. The third-order valence-electron chi connectivity index (χ3n) is 6.76. The topological polar surface area (TPSA) is 26.3 Å². The second kappa shape index (κ2) is 11.5. The zero-order valence-electron chi connectivity index (χ0n) is 17.7. The predicted molar refractivity (Wildman–Crippen MR) is 114 cm³/mol. The number of hydrogen-bond donors (Lipinski definition) is 0. The van der Waals surface area contributed by atoms with E-state index in [1.165, 1.54) is 57.8 Å². The molecule has 0 spiro atoms. The summed E-state index contributed by atoms with van der Waals surface area (Å²) in [6, 6.07) is 0. The first-order chi connectivity index (χ1) is 13.0. The highest BCUT2D eigenvalue weighted by Crippen LogP contribution is 2.40. The van der Waals surface area contributed by atoms with Gasteiger partial charge in [-0.15, -0.1) is 0 Å². The molecule has 0 heterocycles. The molecule has 0 N–H and O–H groups in total. The lowest BCUT2D eigenvalue weighted by molar-refractivity contribution is -0.145. The second-order valence-corrected chi connectivity index (χ2v) is 8.85. The molecule has 2 rings (SSSR count). The molecule has 27 heavy (non-hydrogen) atoms. The number of carbonyl (C=O) groups excluding carboxylic acids is 1. The van der Waals surface area contributed by atoms with Crippen LogP contribution in [0.4, 0.5) is 0 Å². The van der Waals surface area contributed by atoms with Gasteiger partial charge in [-0.2, -0.15) is 0 Å². The number of esters is 1. The summed E-state index contributed by atoms with van der Waals surface area (Å²) in [4.78, 5) is 12.5. The van der Waals surface area contributed by atoms with Gasteiger partial charge < -0.3 is 4.74 Å². The fourth-order valence-corrected chi connectivity index (χ4v) is 4.74. The molecule has 0 radical (unpaired) electrons. The van der Waals surface area contributed by atoms with E-state index in [2.05, 4.69) is 27.0 Å². The first-order valence-electron chi connectivity index (χ1n) is 11.3. The number of rotatable bonds is 9. The van der Waals surface area contributed by atoms with E-state index in [-0.39, 0.29) is 11.9 Å². The Morgan fingerprint density at radius 2 is 1.63 bits per heavy atom. The summed E-state index contributed by atoms with van der Waals surface area (Å²) in [6.45, 7) is 12.4. The number of carbonyl (C=O) groups is 1. The van der Waals surface area contributed by atoms with Gasteiger partial charge in [0.1, 0.15) is 5.76 Å². The summed E-state index contributed by atoms with van der Waals surface area (Å²) in [5.74, 6) is 2.62. The highest BCUT2D eigenvalue weighted by atomic mass is 16.5. The molecule has 0 aromatic carbocycles. The van der Waals surface area contributed by atoms with Crippen LogP contribution in [-0.4, -0.2) is 5.97 Å². The van der Waals surface area contributed by atoms with Gasteiger partial charge in [-0.05, 0) is 55.9 Å². The molecule has 2 aliphatic carbocycles. The zero-order valence-corrected chi connectivity index (χ0v) is 17.7. The van der Waals surface area contributed by atoms with Gasteiger partial charge in [0.25, 0.3) is 0 Å². The van der Waals surface area contributed by atoms with Crippen molar-refractivity contribution in [1.29, 1.82) is 0 Å². The van der Waals surface area contributed by atoms with Gasteiger partial charge >= 0.3 is 5.97 Å². The van der Waals surface area contributed by atoms with Crippen LogP contribution in [0.15, 0.2) is 36.6 Å². The Balaban J connectivity index is 1.71. The van der Waals surface area contributed by atoms with Crippen molar-refractivity contribution in [2.75, 3.05) is 0 Å². The Labute approximate surface area is 167 Å². The molecule has 0 aromatic heterocycles. The standard InChI is InChI=1S/C25H40O2/c1-5-6-10-19(2)20(3)13-14-21(4)27-25(26)24-17-15-23(16-18-24)22-11-8-7-9-12-22/h13-14,19,22-24H,3-12,15-18H2,1-2H3/b14-13-. The summed E-state index contributed by atoms with van der Waals surface area (Å²) in [5, 5.41) is 0. The SMILES string of the molecule is C=C(/C=C\C(=C)C(C)CCCC)OC(=O)C1CCC(C2CCCCC2)CC1. The molecular weight excluding hydrogens is 332 g/mol. The molecular formula is C25H40O2. The van der Waals surface area contributed by atoms with Crippen molar-refractivity contribution in [1.82, 2.24) is 0 Å². The maximum absolute atomic E-state index is 12.5. The second-order valence-electron chi connectivity index (χ2n) is 8.85. The average Bonchev–Trinajstić information content (AvgIpc) is 2.70.